The predicted octanol–water partition coefficient (Wildman–Crippen LogP) is 3.09. The summed E-state index contributed by atoms with van der Waals surface area (Å²) in [5.74, 6) is 0.620. The van der Waals surface area contributed by atoms with Gasteiger partial charge >= 0.3 is 0 Å². The highest BCUT2D eigenvalue weighted by molar-refractivity contribution is 5.96. The van der Waals surface area contributed by atoms with Crippen LogP contribution in [0.2, 0.25) is 0 Å². The summed E-state index contributed by atoms with van der Waals surface area (Å²) in [5, 5.41) is 7.50. The summed E-state index contributed by atoms with van der Waals surface area (Å²) in [6.07, 6.45) is 0. The summed E-state index contributed by atoms with van der Waals surface area (Å²) < 4.78 is 24.4. The van der Waals surface area contributed by atoms with Crippen molar-refractivity contribution in [1.29, 1.82) is 5.41 Å². The zero-order valence-electron chi connectivity index (χ0n) is 11.7. The van der Waals surface area contributed by atoms with E-state index in [2.05, 4.69) is 0 Å². The largest absolute Gasteiger partial charge is 0.490 e. The lowest BCUT2D eigenvalue weighted by atomic mass is 10.1. The maximum atomic E-state index is 13.2. The Balaban J connectivity index is 2.19. The minimum atomic E-state index is -0.432. The third-order valence-electron chi connectivity index (χ3n) is 2.89. The van der Waals surface area contributed by atoms with Crippen molar-refractivity contribution in [2.75, 3.05) is 6.61 Å². The van der Waals surface area contributed by atoms with Crippen molar-refractivity contribution in [2.24, 2.45) is 5.73 Å². The van der Waals surface area contributed by atoms with Gasteiger partial charge in [0.05, 0.1) is 6.61 Å². The average molecular weight is 288 g/mol. The molecule has 0 heterocycles. The number of ether oxygens (including phenoxy) is 2. The van der Waals surface area contributed by atoms with E-state index in [9.17, 15) is 4.39 Å². The van der Waals surface area contributed by atoms with E-state index < -0.39 is 5.82 Å². The molecule has 0 amide bonds. The van der Waals surface area contributed by atoms with Crippen LogP contribution in [0.25, 0.3) is 0 Å². The lowest BCUT2D eigenvalue weighted by Gasteiger charge is -2.13. The molecule has 2 aromatic carbocycles. The Morgan fingerprint density at radius 3 is 2.43 bits per heavy atom. The molecule has 0 bridgehead atoms. The maximum absolute atomic E-state index is 13.2. The first-order valence-electron chi connectivity index (χ1n) is 6.59. The lowest BCUT2D eigenvalue weighted by molar-refractivity contribution is 0.269. The fourth-order valence-corrected chi connectivity index (χ4v) is 1.92. The van der Waals surface area contributed by atoms with Gasteiger partial charge in [-0.1, -0.05) is 18.2 Å². The number of nitrogen functional groups attached to an aromatic ring is 1. The van der Waals surface area contributed by atoms with E-state index in [1.807, 2.05) is 25.1 Å². The first kappa shape index (κ1) is 14.8. The smallest absolute Gasteiger partial charge is 0.161 e. The maximum Gasteiger partial charge on any atom is 0.161 e. The van der Waals surface area contributed by atoms with Crippen LogP contribution < -0.4 is 15.2 Å². The van der Waals surface area contributed by atoms with Crippen LogP contribution in [0.15, 0.2) is 42.5 Å². The number of benzene rings is 2. The molecule has 2 aromatic rings. The topological polar surface area (TPSA) is 68.3 Å². The summed E-state index contributed by atoms with van der Waals surface area (Å²) in [7, 11) is 0. The molecule has 0 saturated heterocycles. The second kappa shape index (κ2) is 6.74. The molecule has 0 fully saturated rings. The van der Waals surface area contributed by atoms with Crippen molar-refractivity contribution in [1.82, 2.24) is 0 Å². The summed E-state index contributed by atoms with van der Waals surface area (Å²) in [4.78, 5) is 0. The number of hydrogen-bond donors (Lipinski definition) is 2. The van der Waals surface area contributed by atoms with Gasteiger partial charge < -0.3 is 15.2 Å². The molecule has 21 heavy (non-hydrogen) atoms. The summed E-state index contributed by atoms with van der Waals surface area (Å²) in [6.45, 7) is 2.61. The Kier molecular flexibility index (Phi) is 4.77. The van der Waals surface area contributed by atoms with Gasteiger partial charge in [0.15, 0.2) is 11.5 Å². The molecule has 110 valence electrons. The van der Waals surface area contributed by atoms with E-state index in [4.69, 9.17) is 20.6 Å². The van der Waals surface area contributed by atoms with Crippen molar-refractivity contribution in [3.05, 3.63) is 59.4 Å². The molecule has 0 aliphatic heterocycles. The van der Waals surface area contributed by atoms with Crippen LogP contribution in [-0.4, -0.2) is 12.4 Å². The fourth-order valence-electron chi connectivity index (χ4n) is 1.92. The molecule has 0 unspecified atom stereocenters. The van der Waals surface area contributed by atoms with Gasteiger partial charge in [0.2, 0.25) is 0 Å². The van der Waals surface area contributed by atoms with Crippen LogP contribution in [0.5, 0.6) is 11.5 Å². The van der Waals surface area contributed by atoms with Gasteiger partial charge in [0.1, 0.15) is 18.3 Å². The van der Waals surface area contributed by atoms with E-state index >= 15 is 0 Å². The fraction of sp³-hybridized carbons (Fsp3) is 0.188. The van der Waals surface area contributed by atoms with E-state index in [-0.39, 0.29) is 12.4 Å². The molecule has 0 spiro atoms. The van der Waals surface area contributed by atoms with Gasteiger partial charge in [-0.25, -0.2) is 4.39 Å². The lowest BCUT2D eigenvalue weighted by Crippen LogP contribution is -2.15. The van der Waals surface area contributed by atoms with Crippen LogP contribution in [0.3, 0.4) is 0 Å². The third kappa shape index (κ3) is 3.72. The van der Waals surface area contributed by atoms with Crippen LogP contribution in [-0.2, 0) is 6.61 Å². The number of nitrogens with one attached hydrogen (secondary N) is 1. The van der Waals surface area contributed by atoms with Gasteiger partial charge in [-0.3, -0.25) is 5.41 Å². The molecule has 0 radical (unpaired) electrons. The van der Waals surface area contributed by atoms with Crippen LogP contribution >= 0.6 is 0 Å². The zero-order valence-corrected chi connectivity index (χ0v) is 11.7. The highest BCUT2D eigenvalue weighted by Gasteiger charge is 2.09. The molecule has 5 heteroatoms. The number of para-hydroxylation sites is 2. The van der Waals surface area contributed by atoms with E-state index in [0.29, 0.717) is 29.2 Å². The Bertz CT molecular complexity index is 644. The summed E-state index contributed by atoms with van der Waals surface area (Å²) in [6, 6.07) is 11.4. The zero-order chi connectivity index (χ0) is 15.2. The SMILES string of the molecule is CCOc1ccccc1OCc1ccc(F)cc1C(=N)N. The van der Waals surface area contributed by atoms with Gasteiger partial charge in [0.25, 0.3) is 0 Å². The third-order valence-corrected chi connectivity index (χ3v) is 2.89. The standard InChI is InChI=1S/C16H17FN2O2/c1-2-20-14-5-3-4-6-15(14)21-10-11-7-8-12(17)9-13(11)16(18)19/h3-9H,2,10H2,1H3,(H3,18,19). The predicted molar refractivity (Wildman–Crippen MR) is 79.4 cm³/mol. The quantitative estimate of drug-likeness (QED) is 0.634. The van der Waals surface area contributed by atoms with Crippen molar-refractivity contribution in [3.63, 3.8) is 0 Å². The van der Waals surface area contributed by atoms with Crippen molar-refractivity contribution in [3.8, 4) is 11.5 Å². The molecular formula is C16H17FN2O2. The molecule has 0 saturated carbocycles. The van der Waals surface area contributed by atoms with Gasteiger partial charge in [-0.05, 0) is 31.2 Å². The van der Waals surface area contributed by atoms with Crippen LogP contribution in [0.1, 0.15) is 18.1 Å². The molecule has 0 atom stereocenters. The van der Waals surface area contributed by atoms with E-state index in [0.717, 1.165) is 0 Å². The van der Waals surface area contributed by atoms with Crippen LogP contribution in [0, 0.1) is 11.2 Å². The number of nitrogens with two attached hydrogens (primary N) is 1. The highest BCUT2D eigenvalue weighted by Crippen LogP contribution is 2.27. The Hall–Kier alpha value is -2.56. The van der Waals surface area contributed by atoms with Crippen molar-refractivity contribution < 1.29 is 13.9 Å². The summed E-state index contributed by atoms with van der Waals surface area (Å²) >= 11 is 0. The number of hydrogen-bond acceptors (Lipinski definition) is 3. The molecule has 3 N–H and O–H groups in total. The molecule has 0 aliphatic carbocycles. The highest BCUT2D eigenvalue weighted by atomic mass is 19.1. The number of rotatable bonds is 6. The van der Waals surface area contributed by atoms with E-state index in [1.54, 1.807) is 12.1 Å². The normalized spacial score (nSPS) is 10.2. The van der Waals surface area contributed by atoms with Crippen molar-refractivity contribution >= 4 is 5.84 Å². The Labute approximate surface area is 122 Å². The molecular weight excluding hydrogens is 271 g/mol. The van der Waals surface area contributed by atoms with E-state index in [1.165, 1.54) is 12.1 Å². The van der Waals surface area contributed by atoms with Crippen LogP contribution in [0.4, 0.5) is 4.39 Å². The van der Waals surface area contributed by atoms with Gasteiger partial charge in [-0.2, -0.15) is 0 Å². The summed E-state index contributed by atoms with van der Waals surface area (Å²) in [5.41, 5.74) is 6.45. The molecule has 0 aromatic heterocycles. The molecule has 2 rings (SSSR count). The second-order valence-corrected chi connectivity index (χ2v) is 4.38. The minimum Gasteiger partial charge on any atom is -0.490 e. The monoisotopic (exact) mass is 288 g/mol. The second-order valence-electron chi connectivity index (χ2n) is 4.38. The van der Waals surface area contributed by atoms with Crippen molar-refractivity contribution in [2.45, 2.75) is 13.5 Å². The van der Waals surface area contributed by atoms with Gasteiger partial charge in [0, 0.05) is 11.1 Å². The Morgan fingerprint density at radius 2 is 1.81 bits per heavy atom. The minimum absolute atomic E-state index is 0.180. The van der Waals surface area contributed by atoms with Gasteiger partial charge in [-0.15, -0.1) is 0 Å². The first-order chi connectivity index (χ1) is 10.1. The first-order valence-corrected chi connectivity index (χ1v) is 6.59. The Morgan fingerprint density at radius 1 is 1.14 bits per heavy atom. The molecule has 4 nitrogen and oxygen atoms in total. The number of halogens is 1. The number of amidine groups is 1. The average Bonchev–Trinajstić information content (AvgIpc) is 2.47. The molecule has 0 aliphatic rings.